The van der Waals surface area contributed by atoms with Crippen molar-refractivity contribution in [2.24, 2.45) is 0 Å². The van der Waals surface area contributed by atoms with E-state index in [0.29, 0.717) is 19.4 Å². The molecule has 2 aromatic rings. The van der Waals surface area contributed by atoms with E-state index in [1.807, 2.05) is 41.1 Å². The Morgan fingerprint density at radius 2 is 2.00 bits per heavy atom. The van der Waals surface area contributed by atoms with Crippen LogP contribution in [0.2, 0.25) is 0 Å². The van der Waals surface area contributed by atoms with Crippen molar-refractivity contribution in [2.45, 2.75) is 19.4 Å². The predicted octanol–water partition coefficient (Wildman–Crippen LogP) is 2.34. The van der Waals surface area contributed by atoms with E-state index < -0.39 is 0 Å². The molecule has 1 aromatic heterocycles. The van der Waals surface area contributed by atoms with Gasteiger partial charge >= 0.3 is 0 Å². The first kappa shape index (κ1) is 15.3. The Bertz CT molecular complexity index is 621. The molecule has 4 heteroatoms. The topological polar surface area (TPSA) is 49.3 Å². The first-order valence-corrected chi connectivity index (χ1v) is 7.68. The molecule has 21 heavy (non-hydrogen) atoms. The van der Waals surface area contributed by atoms with Crippen molar-refractivity contribution < 1.29 is 9.90 Å². The molecule has 0 unspecified atom stereocenters. The molecule has 2 rings (SSSR count). The van der Waals surface area contributed by atoms with Crippen molar-refractivity contribution in [1.29, 1.82) is 0 Å². The Kier molecular flexibility index (Phi) is 6.01. The molecule has 0 saturated carbocycles. The van der Waals surface area contributed by atoms with Crippen LogP contribution in [0.3, 0.4) is 0 Å². The Morgan fingerprint density at radius 1 is 1.19 bits per heavy atom. The minimum Gasteiger partial charge on any atom is -0.395 e. The van der Waals surface area contributed by atoms with Gasteiger partial charge in [0.05, 0.1) is 13.0 Å². The molecule has 1 amide bonds. The van der Waals surface area contributed by atoms with E-state index in [1.54, 1.807) is 11.3 Å². The van der Waals surface area contributed by atoms with Crippen molar-refractivity contribution in [3.05, 3.63) is 57.8 Å². The van der Waals surface area contributed by atoms with Gasteiger partial charge in [0, 0.05) is 18.5 Å². The van der Waals surface area contributed by atoms with Crippen LogP contribution in [0, 0.1) is 11.8 Å². The molecule has 1 aromatic carbocycles. The van der Waals surface area contributed by atoms with Crippen LogP contribution in [0.5, 0.6) is 0 Å². The highest BCUT2D eigenvalue weighted by Crippen LogP contribution is 2.07. The van der Waals surface area contributed by atoms with Crippen LogP contribution in [0.1, 0.15) is 23.1 Å². The smallest absolute Gasteiger partial charge is 0.224 e. The molecule has 0 radical (unpaired) electrons. The molecule has 0 bridgehead atoms. The van der Waals surface area contributed by atoms with Crippen LogP contribution in [0.4, 0.5) is 0 Å². The second kappa shape index (κ2) is 8.25. The maximum absolute atomic E-state index is 11.8. The third-order valence-corrected chi connectivity index (χ3v) is 3.59. The van der Waals surface area contributed by atoms with Gasteiger partial charge in [0.15, 0.2) is 0 Å². The lowest BCUT2D eigenvalue weighted by molar-refractivity contribution is -0.120. The van der Waals surface area contributed by atoms with Gasteiger partial charge in [-0.2, -0.15) is 11.3 Å². The molecule has 2 N–H and O–H groups in total. The minimum absolute atomic E-state index is 0.0280. The van der Waals surface area contributed by atoms with Crippen LogP contribution in [0.15, 0.2) is 41.1 Å². The van der Waals surface area contributed by atoms with Crippen molar-refractivity contribution in [1.82, 2.24) is 5.32 Å². The molecule has 0 aliphatic rings. The average molecular weight is 299 g/mol. The summed E-state index contributed by atoms with van der Waals surface area (Å²) in [6, 6.07) is 9.71. The zero-order valence-electron chi connectivity index (χ0n) is 11.6. The fourth-order valence-electron chi connectivity index (χ4n) is 1.77. The van der Waals surface area contributed by atoms with Gasteiger partial charge in [-0.25, -0.2) is 0 Å². The van der Waals surface area contributed by atoms with Gasteiger partial charge in [-0.05, 0) is 40.1 Å². The predicted molar refractivity (Wildman–Crippen MR) is 84.9 cm³/mol. The summed E-state index contributed by atoms with van der Waals surface area (Å²) in [6.45, 7) is 0.606. The fraction of sp³-hybridized carbons (Fsp3) is 0.235. The summed E-state index contributed by atoms with van der Waals surface area (Å²) in [7, 11) is 0. The van der Waals surface area contributed by atoms with Crippen molar-refractivity contribution >= 4 is 17.2 Å². The highest BCUT2D eigenvalue weighted by molar-refractivity contribution is 7.07. The van der Waals surface area contributed by atoms with Crippen LogP contribution >= 0.6 is 11.3 Å². The van der Waals surface area contributed by atoms with E-state index in [-0.39, 0.29) is 12.5 Å². The average Bonchev–Trinajstić information content (AvgIpc) is 2.99. The van der Waals surface area contributed by atoms with E-state index in [9.17, 15) is 4.79 Å². The Labute approximate surface area is 128 Å². The third-order valence-electron chi connectivity index (χ3n) is 2.86. The lowest BCUT2D eigenvalue weighted by Crippen LogP contribution is -2.24. The summed E-state index contributed by atoms with van der Waals surface area (Å²) >= 11 is 1.60. The number of thiophene rings is 1. The second-order valence-electron chi connectivity index (χ2n) is 4.56. The number of amides is 1. The first-order chi connectivity index (χ1) is 10.3. The number of aliphatic hydroxyl groups excluding tert-OH is 1. The molecule has 0 aliphatic heterocycles. The maximum atomic E-state index is 11.8. The van der Waals surface area contributed by atoms with Crippen LogP contribution in [-0.4, -0.2) is 17.6 Å². The summed E-state index contributed by atoms with van der Waals surface area (Å²) in [5.41, 5.74) is 3.00. The van der Waals surface area contributed by atoms with E-state index >= 15 is 0 Å². The van der Waals surface area contributed by atoms with Gasteiger partial charge in [0.25, 0.3) is 0 Å². The van der Waals surface area contributed by atoms with E-state index in [4.69, 9.17) is 5.11 Å². The molecule has 0 fully saturated rings. The molecule has 1 heterocycles. The monoisotopic (exact) mass is 299 g/mol. The Morgan fingerprint density at radius 3 is 2.67 bits per heavy atom. The van der Waals surface area contributed by atoms with Crippen LogP contribution < -0.4 is 5.32 Å². The summed E-state index contributed by atoms with van der Waals surface area (Å²) in [5, 5.41) is 15.5. The van der Waals surface area contributed by atoms with Crippen molar-refractivity contribution in [3.63, 3.8) is 0 Å². The fourth-order valence-corrected chi connectivity index (χ4v) is 2.44. The standard InChI is InChI=1S/C17H17NO2S/c19-9-2-1-3-14-4-6-15(7-5-14)12-18-17(20)11-16-8-10-21-13-16/h4-8,10,13,19H,2,9,11-12H2,(H,18,20). The van der Waals surface area contributed by atoms with E-state index in [0.717, 1.165) is 16.7 Å². The van der Waals surface area contributed by atoms with Gasteiger partial charge in [-0.3, -0.25) is 4.79 Å². The number of carbonyl (C=O) groups is 1. The highest BCUT2D eigenvalue weighted by atomic mass is 32.1. The van der Waals surface area contributed by atoms with E-state index in [1.165, 1.54) is 0 Å². The second-order valence-corrected chi connectivity index (χ2v) is 5.34. The quantitative estimate of drug-likeness (QED) is 0.833. The summed E-state index contributed by atoms with van der Waals surface area (Å²) in [6.07, 6.45) is 0.911. The number of aliphatic hydroxyl groups is 1. The zero-order valence-corrected chi connectivity index (χ0v) is 12.5. The number of rotatable bonds is 5. The number of benzene rings is 1. The van der Waals surface area contributed by atoms with Gasteiger partial charge in [0.2, 0.25) is 5.91 Å². The number of hydrogen-bond acceptors (Lipinski definition) is 3. The number of nitrogens with one attached hydrogen (secondary N) is 1. The normalized spacial score (nSPS) is 9.76. The third kappa shape index (κ3) is 5.42. The summed E-state index contributed by atoms with van der Waals surface area (Å²) in [4.78, 5) is 11.8. The van der Waals surface area contributed by atoms with E-state index in [2.05, 4.69) is 17.2 Å². The molecule has 3 nitrogen and oxygen atoms in total. The minimum atomic E-state index is 0.0280. The molecule has 0 saturated heterocycles. The van der Waals surface area contributed by atoms with Gasteiger partial charge in [-0.15, -0.1) is 0 Å². The molecule has 0 spiro atoms. The molecular formula is C17H17NO2S. The molecular weight excluding hydrogens is 282 g/mol. The van der Waals surface area contributed by atoms with Gasteiger partial charge in [0.1, 0.15) is 0 Å². The van der Waals surface area contributed by atoms with Gasteiger partial charge in [-0.1, -0.05) is 24.0 Å². The highest BCUT2D eigenvalue weighted by Gasteiger charge is 2.03. The zero-order chi connectivity index (χ0) is 14.9. The van der Waals surface area contributed by atoms with Crippen LogP contribution in [-0.2, 0) is 17.8 Å². The molecule has 0 atom stereocenters. The lowest BCUT2D eigenvalue weighted by atomic mass is 10.1. The SMILES string of the molecule is O=C(Cc1ccsc1)NCc1ccc(C#CCCO)cc1. The molecule has 0 aliphatic carbocycles. The van der Waals surface area contributed by atoms with Crippen LogP contribution in [0.25, 0.3) is 0 Å². The lowest BCUT2D eigenvalue weighted by Gasteiger charge is -2.04. The molecule has 108 valence electrons. The summed E-state index contributed by atoms with van der Waals surface area (Å²) in [5.74, 6) is 5.88. The Hall–Kier alpha value is -2.09. The largest absolute Gasteiger partial charge is 0.395 e. The first-order valence-electron chi connectivity index (χ1n) is 6.74. The number of hydrogen-bond donors (Lipinski definition) is 2. The van der Waals surface area contributed by atoms with Crippen molar-refractivity contribution in [3.8, 4) is 11.8 Å². The summed E-state index contributed by atoms with van der Waals surface area (Å²) < 4.78 is 0. The maximum Gasteiger partial charge on any atom is 0.224 e. The Balaban J connectivity index is 1.81. The van der Waals surface area contributed by atoms with Gasteiger partial charge < -0.3 is 10.4 Å². The number of carbonyl (C=O) groups excluding carboxylic acids is 1. The van der Waals surface area contributed by atoms with Crippen molar-refractivity contribution in [2.75, 3.05) is 6.61 Å².